The molecular weight excluding hydrogens is 244 g/mol. The van der Waals surface area contributed by atoms with Gasteiger partial charge in [-0.25, -0.2) is 0 Å². The highest BCUT2D eigenvalue weighted by molar-refractivity contribution is 5.20. The third kappa shape index (κ3) is 4.47. The van der Waals surface area contributed by atoms with Crippen molar-refractivity contribution < 1.29 is 9.15 Å². The Labute approximate surface area is 114 Å². The Morgan fingerprint density at radius 2 is 2.16 bits per heavy atom. The van der Waals surface area contributed by atoms with Crippen molar-refractivity contribution in [3.8, 4) is 0 Å². The summed E-state index contributed by atoms with van der Waals surface area (Å²) in [7, 11) is 1.68. The number of ether oxygens (including phenoxy) is 1. The Morgan fingerprint density at radius 3 is 2.95 bits per heavy atom. The van der Waals surface area contributed by atoms with Crippen LogP contribution >= 0.6 is 0 Å². The van der Waals surface area contributed by atoms with Crippen LogP contribution in [0.3, 0.4) is 0 Å². The quantitative estimate of drug-likeness (QED) is 0.735. The first-order valence-electron chi connectivity index (χ1n) is 7.08. The third-order valence-electron chi connectivity index (χ3n) is 3.65. The van der Waals surface area contributed by atoms with Crippen LogP contribution in [0.4, 0.5) is 6.01 Å². The van der Waals surface area contributed by atoms with Crippen molar-refractivity contribution >= 4 is 6.01 Å². The predicted molar refractivity (Wildman–Crippen MR) is 72.9 cm³/mol. The SMILES string of the molecule is COCCNCc1nnc(NC2CCCCC2C)o1. The highest BCUT2D eigenvalue weighted by atomic mass is 16.5. The minimum atomic E-state index is 0.462. The minimum absolute atomic E-state index is 0.462. The number of hydrogen-bond acceptors (Lipinski definition) is 6. The van der Waals surface area contributed by atoms with E-state index < -0.39 is 0 Å². The van der Waals surface area contributed by atoms with Crippen molar-refractivity contribution in [1.29, 1.82) is 0 Å². The second kappa shape index (κ2) is 7.45. The molecule has 1 fully saturated rings. The van der Waals surface area contributed by atoms with Crippen LogP contribution < -0.4 is 10.6 Å². The Bertz CT molecular complexity index is 369. The van der Waals surface area contributed by atoms with Gasteiger partial charge in [-0.3, -0.25) is 0 Å². The molecule has 6 heteroatoms. The van der Waals surface area contributed by atoms with Gasteiger partial charge in [-0.15, -0.1) is 5.10 Å². The molecule has 2 rings (SSSR count). The number of anilines is 1. The van der Waals surface area contributed by atoms with Gasteiger partial charge >= 0.3 is 6.01 Å². The van der Waals surface area contributed by atoms with E-state index in [0.717, 1.165) is 6.54 Å². The van der Waals surface area contributed by atoms with Gasteiger partial charge in [0.15, 0.2) is 0 Å². The van der Waals surface area contributed by atoms with Crippen LogP contribution in [0.5, 0.6) is 0 Å². The van der Waals surface area contributed by atoms with Crippen LogP contribution in [0.25, 0.3) is 0 Å². The molecule has 0 bridgehead atoms. The van der Waals surface area contributed by atoms with E-state index in [0.29, 0.717) is 37.0 Å². The summed E-state index contributed by atoms with van der Waals surface area (Å²) in [5, 5.41) is 14.6. The van der Waals surface area contributed by atoms with E-state index in [1.165, 1.54) is 25.7 Å². The number of nitrogens with one attached hydrogen (secondary N) is 2. The summed E-state index contributed by atoms with van der Waals surface area (Å²) in [6.07, 6.45) is 5.07. The highest BCUT2D eigenvalue weighted by Gasteiger charge is 2.22. The lowest BCUT2D eigenvalue weighted by Crippen LogP contribution is -2.30. The second-order valence-electron chi connectivity index (χ2n) is 5.18. The Hall–Kier alpha value is -1.14. The number of rotatable bonds is 7. The molecule has 0 radical (unpaired) electrons. The molecule has 108 valence electrons. The van der Waals surface area contributed by atoms with E-state index >= 15 is 0 Å². The summed E-state index contributed by atoms with van der Waals surface area (Å²) in [5.41, 5.74) is 0. The lowest BCUT2D eigenvalue weighted by atomic mass is 9.86. The van der Waals surface area contributed by atoms with Crippen molar-refractivity contribution in [3.05, 3.63) is 5.89 Å². The van der Waals surface area contributed by atoms with Crippen LogP contribution in [0.15, 0.2) is 4.42 Å². The first kappa shape index (κ1) is 14.3. The molecule has 1 saturated carbocycles. The molecule has 1 aliphatic carbocycles. The van der Waals surface area contributed by atoms with E-state index in [1.54, 1.807) is 7.11 Å². The summed E-state index contributed by atoms with van der Waals surface area (Å²) in [4.78, 5) is 0. The maximum Gasteiger partial charge on any atom is 0.315 e. The molecular formula is C13H24N4O2. The molecule has 2 N–H and O–H groups in total. The van der Waals surface area contributed by atoms with Crippen LogP contribution in [0, 0.1) is 5.92 Å². The maximum absolute atomic E-state index is 5.58. The Morgan fingerprint density at radius 1 is 1.32 bits per heavy atom. The second-order valence-corrected chi connectivity index (χ2v) is 5.18. The highest BCUT2D eigenvalue weighted by Crippen LogP contribution is 2.26. The van der Waals surface area contributed by atoms with E-state index in [-0.39, 0.29) is 0 Å². The zero-order valence-electron chi connectivity index (χ0n) is 11.8. The summed E-state index contributed by atoms with van der Waals surface area (Å²) in [6.45, 7) is 4.32. The molecule has 0 saturated heterocycles. The summed E-state index contributed by atoms with van der Waals surface area (Å²) >= 11 is 0. The average molecular weight is 268 g/mol. The molecule has 0 spiro atoms. The molecule has 2 unspecified atom stereocenters. The molecule has 1 aromatic heterocycles. The summed E-state index contributed by atoms with van der Waals surface area (Å²) < 4.78 is 10.5. The molecule has 2 atom stereocenters. The number of hydrogen-bond donors (Lipinski definition) is 2. The van der Waals surface area contributed by atoms with Crippen molar-refractivity contribution in [2.45, 2.75) is 45.2 Å². The number of nitrogens with zero attached hydrogens (tertiary/aromatic N) is 2. The lowest BCUT2D eigenvalue weighted by Gasteiger charge is -2.28. The first-order valence-corrected chi connectivity index (χ1v) is 7.08. The van der Waals surface area contributed by atoms with Gasteiger partial charge in [0.05, 0.1) is 13.2 Å². The first-order chi connectivity index (χ1) is 9.29. The van der Waals surface area contributed by atoms with Crippen molar-refractivity contribution in [2.75, 3.05) is 25.6 Å². The fraction of sp³-hybridized carbons (Fsp3) is 0.846. The molecule has 6 nitrogen and oxygen atoms in total. The van der Waals surface area contributed by atoms with Crippen LogP contribution in [-0.2, 0) is 11.3 Å². The minimum Gasteiger partial charge on any atom is -0.407 e. The zero-order valence-corrected chi connectivity index (χ0v) is 11.8. The largest absolute Gasteiger partial charge is 0.407 e. The van der Waals surface area contributed by atoms with E-state index in [2.05, 4.69) is 27.8 Å². The van der Waals surface area contributed by atoms with Crippen molar-refractivity contribution in [3.63, 3.8) is 0 Å². The van der Waals surface area contributed by atoms with Crippen molar-refractivity contribution in [2.24, 2.45) is 5.92 Å². The molecule has 0 amide bonds. The van der Waals surface area contributed by atoms with Crippen LogP contribution in [0.2, 0.25) is 0 Å². The molecule has 19 heavy (non-hydrogen) atoms. The summed E-state index contributed by atoms with van der Waals surface area (Å²) in [6, 6.07) is 1.01. The van der Waals surface area contributed by atoms with Gasteiger partial charge in [-0.05, 0) is 18.8 Å². The third-order valence-corrected chi connectivity index (χ3v) is 3.65. The topological polar surface area (TPSA) is 72.2 Å². The number of methoxy groups -OCH3 is 1. The molecule has 0 aromatic carbocycles. The number of aromatic nitrogens is 2. The predicted octanol–water partition coefficient (Wildman–Crippen LogP) is 1.80. The molecule has 0 aliphatic heterocycles. The fourth-order valence-electron chi connectivity index (χ4n) is 2.44. The molecule has 1 heterocycles. The van der Waals surface area contributed by atoms with Gasteiger partial charge in [0.25, 0.3) is 0 Å². The van der Waals surface area contributed by atoms with Gasteiger partial charge < -0.3 is 19.8 Å². The van der Waals surface area contributed by atoms with Crippen LogP contribution in [-0.4, -0.2) is 36.5 Å². The zero-order chi connectivity index (χ0) is 13.5. The van der Waals surface area contributed by atoms with Crippen LogP contribution in [0.1, 0.15) is 38.5 Å². The molecule has 1 aliphatic rings. The summed E-state index contributed by atoms with van der Waals surface area (Å²) in [5.74, 6) is 1.28. The fourth-order valence-corrected chi connectivity index (χ4v) is 2.44. The van der Waals surface area contributed by atoms with E-state index in [4.69, 9.17) is 9.15 Å². The standard InChI is InChI=1S/C13H24N4O2/c1-10-5-3-4-6-11(10)15-13-17-16-12(19-13)9-14-7-8-18-2/h10-11,14H,3-9H2,1-2H3,(H,15,17). The maximum atomic E-state index is 5.58. The van der Waals surface area contributed by atoms with Crippen molar-refractivity contribution in [1.82, 2.24) is 15.5 Å². The normalized spacial score (nSPS) is 23.5. The lowest BCUT2D eigenvalue weighted by molar-refractivity contribution is 0.198. The van der Waals surface area contributed by atoms with Gasteiger partial charge in [0, 0.05) is 19.7 Å². The van der Waals surface area contributed by atoms with Gasteiger partial charge in [0.2, 0.25) is 5.89 Å². The van der Waals surface area contributed by atoms with Gasteiger partial charge in [-0.1, -0.05) is 24.9 Å². The van der Waals surface area contributed by atoms with E-state index in [1.807, 2.05) is 0 Å². The monoisotopic (exact) mass is 268 g/mol. The molecule has 1 aromatic rings. The van der Waals surface area contributed by atoms with E-state index in [9.17, 15) is 0 Å². The Balaban J connectivity index is 1.76. The average Bonchev–Trinajstić information content (AvgIpc) is 2.85. The van der Waals surface area contributed by atoms with Gasteiger partial charge in [0.1, 0.15) is 0 Å². The van der Waals surface area contributed by atoms with Gasteiger partial charge in [-0.2, -0.15) is 0 Å². The Kier molecular flexibility index (Phi) is 5.60. The smallest absolute Gasteiger partial charge is 0.315 e.